The third-order valence-corrected chi connectivity index (χ3v) is 5.17. The van der Waals surface area contributed by atoms with E-state index in [1.165, 1.54) is 43.8 Å². The summed E-state index contributed by atoms with van der Waals surface area (Å²) in [6, 6.07) is 7.05. The molecule has 1 aromatic carbocycles. The third-order valence-electron chi connectivity index (χ3n) is 5.17. The largest absolute Gasteiger partial charge is 0.507 e. The summed E-state index contributed by atoms with van der Waals surface area (Å²) in [5.74, 6) is -0.0934. The lowest BCUT2D eigenvalue weighted by atomic mass is 9.81. The number of hydrogen-bond acceptors (Lipinski definition) is 7. The van der Waals surface area contributed by atoms with Gasteiger partial charge < -0.3 is 10.8 Å². The SMILES string of the molecule is Cc1ncc(-c2cc(C3(c4ccnc(C(F)F)c4)N=C(N)N(C)C3=O)ccc2O)cn1. The first-order valence-electron chi connectivity index (χ1n) is 9.24. The lowest BCUT2D eigenvalue weighted by Crippen LogP contribution is -2.41. The maximum atomic E-state index is 13.3. The second kappa shape index (κ2) is 7.38. The minimum Gasteiger partial charge on any atom is -0.507 e. The van der Waals surface area contributed by atoms with E-state index in [2.05, 4.69) is 19.9 Å². The number of aromatic hydroxyl groups is 1. The van der Waals surface area contributed by atoms with Gasteiger partial charge in [0.15, 0.2) is 11.5 Å². The molecule has 0 spiro atoms. The number of phenolic OH excluding ortho intramolecular Hbond substituents is 1. The second-order valence-corrected chi connectivity index (χ2v) is 7.07. The van der Waals surface area contributed by atoms with Gasteiger partial charge in [-0.3, -0.25) is 14.7 Å². The monoisotopic (exact) mass is 424 g/mol. The number of rotatable bonds is 4. The van der Waals surface area contributed by atoms with Gasteiger partial charge in [-0.1, -0.05) is 6.07 Å². The lowest BCUT2D eigenvalue weighted by Gasteiger charge is -2.27. The van der Waals surface area contributed by atoms with Crippen LogP contribution in [0.4, 0.5) is 8.78 Å². The van der Waals surface area contributed by atoms with Crippen molar-refractivity contribution >= 4 is 11.9 Å². The normalized spacial score (nSPS) is 18.5. The van der Waals surface area contributed by atoms with Crippen molar-refractivity contribution in [2.24, 2.45) is 10.7 Å². The Kier molecular flexibility index (Phi) is 4.84. The molecule has 0 saturated carbocycles. The Hall–Kier alpha value is -3.95. The van der Waals surface area contributed by atoms with Crippen LogP contribution in [0.1, 0.15) is 29.1 Å². The summed E-state index contributed by atoms with van der Waals surface area (Å²) in [4.78, 5) is 30.8. The van der Waals surface area contributed by atoms with Gasteiger partial charge in [0, 0.05) is 36.8 Å². The highest BCUT2D eigenvalue weighted by atomic mass is 19.3. The highest BCUT2D eigenvalue weighted by molar-refractivity contribution is 6.09. The Bertz CT molecular complexity index is 1200. The fourth-order valence-corrected chi connectivity index (χ4v) is 3.50. The van der Waals surface area contributed by atoms with Crippen LogP contribution in [0.25, 0.3) is 11.1 Å². The highest BCUT2D eigenvalue weighted by Crippen LogP contribution is 2.42. The molecular formula is C21H18F2N6O2. The van der Waals surface area contributed by atoms with Crippen molar-refractivity contribution in [1.82, 2.24) is 19.9 Å². The average molecular weight is 424 g/mol. The van der Waals surface area contributed by atoms with Crippen molar-refractivity contribution in [3.63, 3.8) is 0 Å². The molecule has 1 amide bonds. The van der Waals surface area contributed by atoms with Crippen molar-refractivity contribution < 1.29 is 18.7 Å². The summed E-state index contributed by atoms with van der Waals surface area (Å²) >= 11 is 0. The average Bonchev–Trinajstić information content (AvgIpc) is 3.00. The van der Waals surface area contributed by atoms with Crippen LogP contribution in [-0.2, 0) is 10.3 Å². The van der Waals surface area contributed by atoms with E-state index in [0.717, 1.165) is 11.0 Å². The molecule has 10 heteroatoms. The number of likely N-dealkylation sites (N-methyl/N-ethyl adjacent to an activating group) is 1. The predicted molar refractivity (Wildman–Crippen MR) is 108 cm³/mol. The fraction of sp³-hybridized carbons (Fsp3) is 0.190. The lowest BCUT2D eigenvalue weighted by molar-refractivity contribution is -0.129. The number of hydrogen-bond donors (Lipinski definition) is 2. The highest BCUT2D eigenvalue weighted by Gasteiger charge is 2.50. The molecule has 1 atom stereocenters. The van der Waals surface area contributed by atoms with Gasteiger partial charge in [-0.15, -0.1) is 0 Å². The smallest absolute Gasteiger partial charge is 0.280 e. The maximum absolute atomic E-state index is 13.3. The minimum atomic E-state index is -2.83. The summed E-state index contributed by atoms with van der Waals surface area (Å²) in [7, 11) is 1.45. The van der Waals surface area contributed by atoms with Crippen LogP contribution in [0.3, 0.4) is 0 Å². The number of phenols is 1. The maximum Gasteiger partial charge on any atom is 0.280 e. The molecular weight excluding hydrogens is 406 g/mol. The quantitative estimate of drug-likeness (QED) is 0.665. The summed E-state index contributed by atoms with van der Waals surface area (Å²) in [5.41, 5.74) is 5.13. The van der Waals surface area contributed by atoms with E-state index in [4.69, 9.17) is 5.73 Å². The molecule has 2 aromatic heterocycles. The van der Waals surface area contributed by atoms with Gasteiger partial charge in [0.2, 0.25) is 0 Å². The van der Waals surface area contributed by atoms with E-state index >= 15 is 0 Å². The van der Waals surface area contributed by atoms with Crippen molar-refractivity contribution in [3.8, 4) is 16.9 Å². The van der Waals surface area contributed by atoms with Gasteiger partial charge in [-0.05, 0) is 42.3 Å². The van der Waals surface area contributed by atoms with Crippen molar-refractivity contribution in [1.29, 1.82) is 0 Å². The number of benzene rings is 1. The third kappa shape index (κ3) is 3.25. The van der Waals surface area contributed by atoms with Gasteiger partial charge in [-0.25, -0.2) is 23.7 Å². The number of carbonyl (C=O) groups is 1. The van der Waals surface area contributed by atoms with Gasteiger partial charge in [0.25, 0.3) is 12.3 Å². The molecule has 1 unspecified atom stereocenters. The number of aromatic nitrogens is 3. The van der Waals surface area contributed by atoms with Crippen molar-refractivity contribution in [3.05, 3.63) is 71.6 Å². The van der Waals surface area contributed by atoms with Gasteiger partial charge in [-0.2, -0.15) is 0 Å². The Morgan fingerprint density at radius 3 is 2.39 bits per heavy atom. The first-order valence-corrected chi connectivity index (χ1v) is 9.24. The van der Waals surface area contributed by atoms with E-state index in [-0.39, 0.29) is 17.3 Å². The molecule has 1 aliphatic rings. The van der Waals surface area contributed by atoms with E-state index in [1.54, 1.807) is 13.0 Å². The molecule has 0 bridgehead atoms. The van der Waals surface area contributed by atoms with Crippen LogP contribution in [-0.4, -0.2) is 43.9 Å². The standard InChI is InChI=1S/C21H18F2N6O2/c1-11-26-9-12(10-27-11)15-7-13(3-4-17(15)30)21(19(31)29(2)20(24)28-21)14-5-6-25-16(8-14)18(22)23/h3-10,18,30H,1-2H3,(H2,24,28). The van der Waals surface area contributed by atoms with E-state index < -0.39 is 23.6 Å². The van der Waals surface area contributed by atoms with Crippen LogP contribution in [0.5, 0.6) is 5.75 Å². The predicted octanol–water partition coefficient (Wildman–Crippen LogP) is 2.52. The van der Waals surface area contributed by atoms with Crippen LogP contribution in [0, 0.1) is 6.92 Å². The zero-order valence-electron chi connectivity index (χ0n) is 16.6. The molecule has 3 N–H and O–H groups in total. The fourth-order valence-electron chi connectivity index (χ4n) is 3.50. The second-order valence-electron chi connectivity index (χ2n) is 7.07. The Balaban J connectivity index is 1.96. The molecule has 31 heavy (non-hydrogen) atoms. The van der Waals surface area contributed by atoms with Crippen LogP contribution in [0.2, 0.25) is 0 Å². The zero-order chi connectivity index (χ0) is 22.3. The molecule has 1 aliphatic heterocycles. The Labute approximate surface area is 176 Å². The van der Waals surface area contributed by atoms with Crippen LogP contribution in [0.15, 0.2) is 53.9 Å². The Morgan fingerprint density at radius 2 is 1.77 bits per heavy atom. The minimum absolute atomic E-state index is 0.0614. The number of nitrogens with zero attached hydrogens (tertiary/aromatic N) is 5. The molecule has 158 valence electrons. The number of carbonyl (C=O) groups excluding carboxylic acids is 1. The number of aryl methyl sites for hydroxylation is 1. The first-order chi connectivity index (χ1) is 14.7. The molecule has 4 rings (SSSR count). The Morgan fingerprint density at radius 1 is 1.10 bits per heavy atom. The van der Waals surface area contributed by atoms with Gasteiger partial charge in [0.1, 0.15) is 17.3 Å². The summed E-state index contributed by atoms with van der Waals surface area (Å²) in [6.45, 7) is 1.73. The topological polar surface area (TPSA) is 118 Å². The molecule has 0 fully saturated rings. The first kappa shape index (κ1) is 20.3. The number of aliphatic imine (C=N–C) groups is 1. The van der Waals surface area contributed by atoms with Gasteiger partial charge >= 0.3 is 0 Å². The number of guanidine groups is 1. The molecule has 3 heterocycles. The number of alkyl halides is 2. The summed E-state index contributed by atoms with van der Waals surface area (Å²) in [5, 5.41) is 10.4. The molecule has 8 nitrogen and oxygen atoms in total. The molecule has 0 saturated heterocycles. The van der Waals surface area contributed by atoms with E-state index in [1.807, 2.05) is 0 Å². The van der Waals surface area contributed by atoms with E-state index in [0.29, 0.717) is 22.5 Å². The number of pyridine rings is 1. The van der Waals surface area contributed by atoms with Crippen molar-refractivity contribution in [2.75, 3.05) is 7.05 Å². The molecule has 0 radical (unpaired) electrons. The summed E-state index contributed by atoms with van der Waals surface area (Å²) in [6.07, 6.45) is 1.45. The van der Waals surface area contributed by atoms with Gasteiger partial charge in [0.05, 0.1) is 0 Å². The zero-order valence-corrected chi connectivity index (χ0v) is 16.6. The van der Waals surface area contributed by atoms with Crippen LogP contribution < -0.4 is 5.73 Å². The number of halogens is 2. The van der Waals surface area contributed by atoms with Crippen molar-refractivity contribution in [2.45, 2.75) is 18.9 Å². The van der Waals surface area contributed by atoms with E-state index in [9.17, 15) is 18.7 Å². The molecule has 3 aromatic rings. The number of nitrogens with two attached hydrogens (primary N) is 1. The molecule has 0 aliphatic carbocycles. The number of amides is 1. The summed E-state index contributed by atoms with van der Waals surface area (Å²) < 4.78 is 26.6. The van der Waals surface area contributed by atoms with Crippen LogP contribution >= 0.6 is 0 Å².